The molecule has 0 saturated carbocycles. The average molecular weight is 255 g/mol. The van der Waals surface area contributed by atoms with Crippen LogP contribution < -0.4 is 0 Å². The lowest BCUT2D eigenvalue weighted by molar-refractivity contribution is 0.143. The Hall–Kier alpha value is -0.960. The molecule has 0 N–H and O–H groups in total. The highest BCUT2D eigenvalue weighted by Gasteiger charge is 2.18. The molecule has 1 rings (SSSR count). The Balaban J connectivity index is 2.51. The lowest BCUT2D eigenvalue weighted by atomic mass is 10.0. The van der Waals surface area contributed by atoms with Crippen molar-refractivity contribution < 1.29 is 8.78 Å². The zero-order valence-corrected chi connectivity index (χ0v) is 11.8. The number of nitrogens with zero attached hydrogens (tertiary/aromatic N) is 1. The van der Waals surface area contributed by atoms with Crippen LogP contribution in [0.15, 0.2) is 18.2 Å². The summed E-state index contributed by atoms with van der Waals surface area (Å²) in [5, 5.41) is 0. The van der Waals surface area contributed by atoms with E-state index in [1.807, 2.05) is 0 Å². The summed E-state index contributed by atoms with van der Waals surface area (Å²) >= 11 is 0. The lowest BCUT2D eigenvalue weighted by Crippen LogP contribution is -2.41. The molecule has 0 spiro atoms. The third-order valence-electron chi connectivity index (χ3n) is 3.22. The van der Waals surface area contributed by atoms with Gasteiger partial charge in [-0.2, -0.15) is 0 Å². The first-order valence-electron chi connectivity index (χ1n) is 6.53. The Labute approximate surface area is 109 Å². The van der Waals surface area contributed by atoms with Crippen molar-refractivity contribution in [3.63, 3.8) is 0 Å². The van der Waals surface area contributed by atoms with Gasteiger partial charge in [0.25, 0.3) is 0 Å². The summed E-state index contributed by atoms with van der Waals surface area (Å²) < 4.78 is 26.2. The van der Waals surface area contributed by atoms with E-state index in [-0.39, 0.29) is 5.54 Å². The molecule has 0 aromatic heterocycles. The van der Waals surface area contributed by atoms with Gasteiger partial charge in [0.15, 0.2) is 0 Å². The van der Waals surface area contributed by atoms with E-state index in [1.54, 1.807) is 0 Å². The molecule has 1 aromatic carbocycles. The maximum Gasteiger partial charge on any atom is 0.129 e. The molecule has 102 valence electrons. The zero-order valence-electron chi connectivity index (χ0n) is 11.8. The predicted molar refractivity (Wildman–Crippen MR) is 71.7 cm³/mol. The van der Waals surface area contributed by atoms with Gasteiger partial charge in [0.2, 0.25) is 0 Å². The van der Waals surface area contributed by atoms with Gasteiger partial charge in [0, 0.05) is 11.6 Å². The summed E-state index contributed by atoms with van der Waals surface area (Å²) in [5.41, 5.74) is 0.733. The summed E-state index contributed by atoms with van der Waals surface area (Å²) in [6.07, 6.45) is 1.53. The summed E-state index contributed by atoms with van der Waals surface area (Å²) in [6.45, 7) is 10.6. The van der Waals surface area contributed by atoms with Crippen molar-refractivity contribution in [1.82, 2.24) is 4.90 Å². The topological polar surface area (TPSA) is 3.24 Å². The molecule has 0 aliphatic carbocycles. The summed E-state index contributed by atoms with van der Waals surface area (Å²) in [4.78, 5) is 2.36. The first-order valence-corrected chi connectivity index (χ1v) is 6.53. The molecule has 0 amide bonds. The van der Waals surface area contributed by atoms with Crippen molar-refractivity contribution in [3.05, 3.63) is 35.4 Å². The molecule has 0 unspecified atom stereocenters. The average Bonchev–Trinajstić information content (AvgIpc) is 2.25. The second kappa shape index (κ2) is 6.28. The molecule has 1 nitrogen and oxygen atoms in total. The van der Waals surface area contributed by atoms with E-state index >= 15 is 0 Å². The molecular formula is C15H23F2N. The Morgan fingerprint density at radius 3 is 2.33 bits per heavy atom. The minimum Gasteiger partial charge on any atom is -0.299 e. The van der Waals surface area contributed by atoms with Crippen molar-refractivity contribution in [2.75, 3.05) is 13.1 Å². The van der Waals surface area contributed by atoms with Crippen molar-refractivity contribution in [3.8, 4) is 0 Å². The van der Waals surface area contributed by atoms with Crippen LogP contribution >= 0.6 is 0 Å². The Morgan fingerprint density at radius 2 is 1.83 bits per heavy atom. The van der Waals surface area contributed by atoms with E-state index in [4.69, 9.17) is 0 Å². The van der Waals surface area contributed by atoms with Crippen molar-refractivity contribution in [2.45, 2.75) is 46.1 Å². The first-order chi connectivity index (χ1) is 8.34. The third kappa shape index (κ3) is 4.37. The molecule has 0 radical (unpaired) electrons. The normalized spacial score (nSPS) is 12.2. The van der Waals surface area contributed by atoms with Gasteiger partial charge in [0.05, 0.1) is 0 Å². The molecule has 0 bridgehead atoms. The molecule has 0 aliphatic rings. The fourth-order valence-electron chi connectivity index (χ4n) is 2.15. The maximum absolute atomic E-state index is 13.4. The van der Waals surface area contributed by atoms with Crippen LogP contribution in [0.3, 0.4) is 0 Å². The van der Waals surface area contributed by atoms with Gasteiger partial charge < -0.3 is 0 Å². The molecule has 0 atom stereocenters. The minimum atomic E-state index is -0.513. The molecule has 3 heteroatoms. The van der Waals surface area contributed by atoms with Crippen LogP contribution in [0.5, 0.6) is 0 Å². The van der Waals surface area contributed by atoms with Crippen LogP contribution in [0.4, 0.5) is 8.78 Å². The maximum atomic E-state index is 13.4. The number of benzene rings is 1. The highest BCUT2D eigenvalue weighted by molar-refractivity contribution is 5.18. The molecule has 0 fully saturated rings. The number of aryl methyl sites for hydroxylation is 1. The fraction of sp³-hybridized carbons (Fsp3) is 0.600. The molecular weight excluding hydrogens is 232 g/mol. The molecule has 0 saturated heterocycles. The van der Waals surface area contributed by atoms with Crippen LogP contribution in [0.25, 0.3) is 0 Å². The monoisotopic (exact) mass is 255 g/mol. The van der Waals surface area contributed by atoms with E-state index in [1.165, 1.54) is 12.1 Å². The first kappa shape index (κ1) is 15.1. The molecule has 18 heavy (non-hydrogen) atoms. The second-order valence-corrected chi connectivity index (χ2v) is 5.59. The van der Waals surface area contributed by atoms with Gasteiger partial charge in [-0.3, -0.25) is 4.90 Å². The Bertz CT molecular complexity index is 383. The highest BCUT2D eigenvalue weighted by Crippen LogP contribution is 2.15. The third-order valence-corrected chi connectivity index (χ3v) is 3.22. The van der Waals surface area contributed by atoms with E-state index in [0.29, 0.717) is 12.0 Å². The van der Waals surface area contributed by atoms with Gasteiger partial charge in [-0.1, -0.05) is 13.0 Å². The number of hydrogen-bond donors (Lipinski definition) is 0. The predicted octanol–water partition coefficient (Wildman–Crippen LogP) is 4.02. The zero-order chi connectivity index (χ0) is 13.8. The summed E-state index contributed by atoms with van der Waals surface area (Å²) in [5.74, 6) is -0.949. The number of hydrogen-bond acceptors (Lipinski definition) is 1. The molecule has 0 heterocycles. The number of halogens is 2. The van der Waals surface area contributed by atoms with Gasteiger partial charge in [-0.05, 0) is 58.3 Å². The van der Waals surface area contributed by atoms with Crippen LogP contribution in [0, 0.1) is 11.6 Å². The van der Waals surface area contributed by atoms with Gasteiger partial charge in [0.1, 0.15) is 11.6 Å². The second-order valence-electron chi connectivity index (χ2n) is 5.59. The number of rotatable bonds is 5. The lowest BCUT2D eigenvalue weighted by Gasteiger charge is -2.34. The van der Waals surface area contributed by atoms with Gasteiger partial charge >= 0.3 is 0 Å². The quantitative estimate of drug-likeness (QED) is 0.768. The highest BCUT2D eigenvalue weighted by atomic mass is 19.1. The van der Waals surface area contributed by atoms with Crippen molar-refractivity contribution >= 4 is 0 Å². The van der Waals surface area contributed by atoms with E-state index < -0.39 is 11.6 Å². The van der Waals surface area contributed by atoms with Crippen LogP contribution in [0.2, 0.25) is 0 Å². The van der Waals surface area contributed by atoms with Crippen LogP contribution in [0.1, 0.15) is 39.7 Å². The summed E-state index contributed by atoms with van der Waals surface area (Å²) in [7, 11) is 0. The van der Waals surface area contributed by atoms with Gasteiger partial charge in [-0.15, -0.1) is 0 Å². The molecule has 1 aromatic rings. The van der Waals surface area contributed by atoms with Crippen molar-refractivity contribution in [1.29, 1.82) is 0 Å². The van der Waals surface area contributed by atoms with E-state index in [0.717, 1.165) is 25.6 Å². The van der Waals surface area contributed by atoms with E-state index in [2.05, 4.69) is 32.6 Å². The van der Waals surface area contributed by atoms with Crippen LogP contribution in [-0.2, 0) is 6.42 Å². The largest absolute Gasteiger partial charge is 0.299 e. The minimum absolute atomic E-state index is 0.135. The van der Waals surface area contributed by atoms with Crippen molar-refractivity contribution in [2.24, 2.45) is 0 Å². The van der Waals surface area contributed by atoms with Crippen LogP contribution in [-0.4, -0.2) is 23.5 Å². The molecule has 0 aliphatic heterocycles. The van der Waals surface area contributed by atoms with Gasteiger partial charge in [-0.25, -0.2) is 8.78 Å². The standard InChI is InChI=1S/C15H23F2N/c1-5-18(15(2,3)4)10-6-7-12-8-9-13(16)11-14(12)17/h8-9,11H,5-7,10H2,1-4H3. The SMILES string of the molecule is CCN(CCCc1ccc(F)cc1F)C(C)(C)C. The smallest absolute Gasteiger partial charge is 0.129 e. The Kier molecular flexibility index (Phi) is 5.27. The summed E-state index contributed by atoms with van der Waals surface area (Å²) in [6, 6.07) is 3.81. The Morgan fingerprint density at radius 1 is 1.17 bits per heavy atom. The fourth-order valence-corrected chi connectivity index (χ4v) is 2.15. The van der Waals surface area contributed by atoms with E-state index in [9.17, 15) is 8.78 Å².